The molecule has 128 valence electrons. The molecule has 0 saturated heterocycles. The third-order valence-corrected chi connectivity index (χ3v) is 3.82. The standard InChI is InChI=1S/C16H16F3N3O2/c1-10-14(24-11(2)20-10)15(23)22-8-7-21(9-16(17,18)19)12-5-3-4-6-13(12)22/h3-6H,7-9H2,1-2H3. The van der Waals surface area contributed by atoms with Crippen LogP contribution in [0.25, 0.3) is 0 Å². The number of halogens is 3. The van der Waals surface area contributed by atoms with Gasteiger partial charge in [-0.05, 0) is 19.1 Å². The Kier molecular flexibility index (Phi) is 3.98. The molecule has 0 bridgehead atoms. The van der Waals surface area contributed by atoms with Crippen LogP contribution in [0.15, 0.2) is 28.7 Å². The fourth-order valence-electron chi connectivity index (χ4n) is 2.87. The normalized spacial score (nSPS) is 14.7. The number of carbonyl (C=O) groups is 1. The summed E-state index contributed by atoms with van der Waals surface area (Å²) in [4.78, 5) is 19.5. The van der Waals surface area contributed by atoms with E-state index < -0.39 is 18.6 Å². The zero-order valence-electron chi connectivity index (χ0n) is 13.2. The molecule has 0 saturated carbocycles. The van der Waals surface area contributed by atoms with E-state index >= 15 is 0 Å². The lowest BCUT2D eigenvalue weighted by Gasteiger charge is -2.37. The Morgan fingerprint density at radius 2 is 1.88 bits per heavy atom. The lowest BCUT2D eigenvalue weighted by Crippen LogP contribution is -2.47. The van der Waals surface area contributed by atoms with Crippen molar-refractivity contribution in [1.29, 1.82) is 0 Å². The van der Waals surface area contributed by atoms with Crippen LogP contribution in [0, 0.1) is 13.8 Å². The highest BCUT2D eigenvalue weighted by Crippen LogP contribution is 2.35. The van der Waals surface area contributed by atoms with Crippen LogP contribution in [0.3, 0.4) is 0 Å². The smallest absolute Gasteiger partial charge is 0.405 e. The number of nitrogens with zero attached hydrogens (tertiary/aromatic N) is 3. The quantitative estimate of drug-likeness (QED) is 0.842. The zero-order valence-corrected chi connectivity index (χ0v) is 13.2. The van der Waals surface area contributed by atoms with E-state index in [9.17, 15) is 18.0 Å². The number of hydrogen-bond acceptors (Lipinski definition) is 4. The van der Waals surface area contributed by atoms with Gasteiger partial charge in [0.2, 0.25) is 5.76 Å². The first-order valence-corrected chi connectivity index (χ1v) is 7.43. The number of hydrogen-bond donors (Lipinski definition) is 0. The van der Waals surface area contributed by atoms with Crippen molar-refractivity contribution in [3.05, 3.63) is 41.6 Å². The largest absolute Gasteiger partial charge is 0.436 e. The third kappa shape index (κ3) is 3.08. The van der Waals surface area contributed by atoms with Gasteiger partial charge >= 0.3 is 6.18 Å². The van der Waals surface area contributed by atoms with Crippen molar-refractivity contribution in [1.82, 2.24) is 4.98 Å². The van der Waals surface area contributed by atoms with Crippen molar-refractivity contribution < 1.29 is 22.4 Å². The minimum atomic E-state index is -4.31. The van der Waals surface area contributed by atoms with Crippen molar-refractivity contribution >= 4 is 17.3 Å². The molecule has 1 aliphatic heterocycles. The summed E-state index contributed by atoms with van der Waals surface area (Å²) in [6.07, 6.45) is -4.31. The minimum absolute atomic E-state index is 0.0917. The molecule has 0 unspecified atom stereocenters. The van der Waals surface area contributed by atoms with Crippen LogP contribution in [-0.4, -0.2) is 36.7 Å². The monoisotopic (exact) mass is 339 g/mol. The Morgan fingerprint density at radius 1 is 1.21 bits per heavy atom. The number of alkyl halides is 3. The number of fused-ring (bicyclic) bond motifs is 1. The van der Waals surface area contributed by atoms with Gasteiger partial charge in [0.1, 0.15) is 6.54 Å². The average molecular weight is 339 g/mol. The Hall–Kier alpha value is -2.51. The summed E-state index contributed by atoms with van der Waals surface area (Å²) >= 11 is 0. The molecular formula is C16H16F3N3O2. The molecule has 24 heavy (non-hydrogen) atoms. The molecule has 2 heterocycles. The van der Waals surface area contributed by atoms with E-state index in [-0.39, 0.29) is 18.8 Å². The molecule has 8 heteroatoms. The number of oxazole rings is 1. The molecule has 0 atom stereocenters. The van der Waals surface area contributed by atoms with Crippen LogP contribution in [0.4, 0.5) is 24.5 Å². The van der Waals surface area contributed by atoms with Gasteiger partial charge in [0, 0.05) is 20.0 Å². The van der Waals surface area contributed by atoms with Crippen molar-refractivity contribution in [2.45, 2.75) is 20.0 Å². The molecule has 0 fully saturated rings. The number of anilines is 2. The highest BCUT2D eigenvalue weighted by molar-refractivity contribution is 6.07. The summed E-state index contributed by atoms with van der Waals surface area (Å²) in [5, 5.41) is 0. The van der Waals surface area contributed by atoms with E-state index in [1.54, 1.807) is 38.1 Å². The highest BCUT2D eigenvalue weighted by Gasteiger charge is 2.36. The predicted molar refractivity (Wildman–Crippen MR) is 82.4 cm³/mol. The minimum Gasteiger partial charge on any atom is -0.436 e. The van der Waals surface area contributed by atoms with Crippen LogP contribution < -0.4 is 9.80 Å². The van der Waals surface area contributed by atoms with Gasteiger partial charge in [0.05, 0.1) is 17.1 Å². The van der Waals surface area contributed by atoms with Gasteiger partial charge in [0.15, 0.2) is 5.89 Å². The molecule has 2 aromatic rings. The number of rotatable bonds is 2. The number of aryl methyl sites for hydroxylation is 2. The van der Waals surface area contributed by atoms with Gasteiger partial charge in [-0.15, -0.1) is 0 Å². The Bertz CT molecular complexity index is 770. The van der Waals surface area contributed by atoms with Gasteiger partial charge in [0.25, 0.3) is 5.91 Å². The first kappa shape index (κ1) is 16.4. The Morgan fingerprint density at radius 3 is 2.46 bits per heavy atom. The van der Waals surface area contributed by atoms with Crippen LogP contribution in [0.5, 0.6) is 0 Å². The molecule has 0 radical (unpaired) electrons. The molecule has 1 amide bonds. The Balaban J connectivity index is 1.95. The van der Waals surface area contributed by atoms with E-state index in [2.05, 4.69) is 4.98 Å². The zero-order chi connectivity index (χ0) is 17.5. The average Bonchev–Trinajstić information content (AvgIpc) is 2.84. The van der Waals surface area contributed by atoms with Crippen LogP contribution >= 0.6 is 0 Å². The Labute approximate surface area is 136 Å². The number of para-hydroxylation sites is 2. The first-order valence-electron chi connectivity index (χ1n) is 7.43. The van der Waals surface area contributed by atoms with E-state index in [4.69, 9.17) is 4.42 Å². The number of benzene rings is 1. The van der Waals surface area contributed by atoms with Gasteiger partial charge in [-0.2, -0.15) is 13.2 Å². The van der Waals surface area contributed by atoms with Gasteiger partial charge < -0.3 is 14.2 Å². The molecule has 1 aromatic carbocycles. The second kappa shape index (κ2) is 5.85. The van der Waals surface area contributed by atoms with E-state index in [1.807, 2.05) is 0 Å². The summed E-state index contributed by atoms with van der Waals surface area (Å²) in [5.41, 5.74) is 1.28. The SMILES string of the molecule is Cc1nc(C)c(C(=O)N2CCN(CC(F)(F)F)c3ccccc32)o1. The third-order valence-electron chi connectivity index (χ3n) is 3.82. The molecule has 1 aliphatic rings. The molecular weight excluding hydrogens is 323 g/mol. The van der Waals surface area contributed by atoms with E-state index in [0.29, 0.717) is 23.0 Å². The van der Waals surface area contributed by atoms with Crippen molar-refractivity contribution in [2.75, 3.05) is 29.4 Å². The summed E-state index contributed by atoms with van der Waals surface area (Å²) in [6.45, 7) is 2.49. The maximum absolute atomic E-state index is 12.8. The van der Waals surface area contributed by atoms with Gasteiger partial charge in [-0.3, -0.25) is 4.79 Å². The fourth-order valence-corrected chi connectivity index (χ4v) is 2.87. The summed E-state index contributed by atoms with van der Waals surface area (Å²) < 4.78 is 43.7. The fraction of sp³-hybridized carbons (Fsp3) is 0.375. The summed E-state index contributed by atoms with van der Waals surface area (Å²) in [6, 6.07) is 6.56. The molecule has 3 rings (SSSR count). The second-order valence-corrected chi connectivity index (χ2v) is 5.63. The molecule has 1 aromatic heterocycles. The highest BCUT2D eigenvalue weighted by atomic mass is 19.4. The number of carbonyl (C=O) groups excluding carboxylic acids is 1. The molecule has 0 N–H and O–H groups in total. The van der Waals surface area contributed by atoms with Crippen molar-refractivity contribution in [3.63, 3.8) is 0 Å². The lowest BCUT2D eigenvalue weighted by molar-refractivity contribution is -0.119. The van der Waals surface area contributed by atoms with Crippen LogP contribution in [0.2, 0.25) is 0 Å². The first-order chi connectivity index (χ1) is 11.3. The van der Waals surface area contributed by atoms with Crippen LogP contribution in [0.1, 0.15) is 22.1 Å². The van der Waals surface area contributed by atoms with Gasteiger partial charge in [-0.1, -0.05) is 12.1 Å². The number of amides is 1. The molecule has 0 spiro atoms. The summed E-state index contributed by atoms with van der Waals surface area (Å²) in [7, 11) is 0. The molecule has 5 nitrogen and oxygen atoms in total. The molecule has 0 aliphatic carbocycles. The maximum Gasteiger partial charge on any atom is 0.405 e. The predicted octanol–water partition coefficient (Wildman–Crippen LogP) is 3.32. The maximum atomic E-state index is 12.8. The van der Waals surface area contributed by atoms with E-state index in [0.717, 1.165) is 0 Å². The van der Waals surface area contributed by atoms with Crippen LogP contribution in [-0.2, 0) is 0 Å². The second-order valence-electron chi connectivity index (χ2n) is 5.63. The summed E-state index contributed by atoms with van der Waals surface area (Å²) in [5.74, 6) is 0.0959. The van der Waals surface area contributed by atoms with Gasteiger partial charge in [-0.25, -0.2) is 4.98 Å². The van der Waals surface area contributed by atoms with Crippen molar-refractivity contribution in [3.8, 4) is 0 Å². The number of aromatic nitrogens is 1. The van der Waals surface area contributed by atoms with E-state index in [1.165, 1.54) is 9.80 Å². The lowest BCUT2D eigenvalue weighted by atomic mass is 10.1. The van der Waals surface area contributed by atoms with Crippen molar-refractivity contribution in [2.24, 2.45) is 0 Å². The topological polar surface area (TPSA) is 49.6 Å².